The van der Waals surface area contributed by atoms with Gasteiger partial charge < -0.3 is 20.3 Å². The molecule has 2 aromatic rings. The molecule has 2 aromatic carbocycles. The summed E-state index contributed by atoms with van der Waals surface area (Å²) < 4.78 is 5.59. The van der Waals surface area contributed by atoms with Gasteiger partial charge >= 0.3 is 0 Å². The molecule has 3 amide bonds. The molecule has 0 aromatic heterocycles. The van der Waals surface area contributed by atoms with Crippen LogP contribution in [0.3, 0.4) is 0 Å². The molecule has 7 nitrogen and oxygen atoms in total. The van der Waals surface area contributed by atoms with Gasteiger partial charge in [-0.25, -0.2) is 0 Å². The molecule has 2 N–H and O–H groups in total. The zero-order valence-corrected chi connectivity index (χ0v) is 16.3. The maximum Gasteiger partial charge on any atom is 0.226 e. The molecule has 0 bridgehead atoms. The molecular weight excluding hydrogens is 358 g/mol. The van der Waals surface area contributed by atoms with Crippen LogP contribution in [0.1, 0.15) is 27.2 Å². The zero-order valence-electron chi connectivity index (χ0n) is 16.3. The van der Waals surface area contributed by atoms with Crippen LogP contribution in [-0.2, 0) is 14.4 Å². The maximum atomic E-state index is 12.3. The number of nitrogens with zero attached hydrogens (tertiary/aromatic N) is 1. The van der Waals surface area contributed by atoms with E-state index in [1.807, 2.05) is 19.1 Å². The van der Waals surface area contributed by atoms with E-state index in [1.54, 1.807) is 36.4 Å². The Balaban J connectivity index is 2.03. The van der Waals surface area contributed by atoms with E-state index in [0.717, 1.165) is 0 Å². The third kappa shape index (κ3) is 6.12. The third-order valence-electron chi connectivity index (χ3n) is 3.87. The minimum Gasteiger partial charge on any atom is -0.492 e. The van der Waals surface area contributed by atoms with Crippen LogP contribution in [0.5, 0.6) is 5.75 Å². The van der Waals surface area contributed by atoms with Crippen molar-refractivity contribution < 1.29 is 19.1 Å². The van der Waals surface area contributed by atoms with Crippen LogP contribution in [-0.4, -0.2) is 30.9 Å². The zero-order chi connectivity index (χ0) is 20.5. The van der Waals surface area contributed by atoms with Gasteiger partial charge in [-0.2, -0.15) is 0 Å². The average molecular weight is 383 g/mol. The number of carbonyl (C=O) groups excluding carboxylic acids is 3. The standard InChI is InChI=1S/C21H25N3O4/c1-4-28-20-11-6-5-10-19(20)24(16(3)26)13-12-21(27)23-18-9-7-8-17(14-18)22-15(2)25/h5-11,14H,4,12-13H2,1-3H3,(H,22,25)(H,23,27). The largest absolute Gasteiger partial charge is 0.492 e. The van der Waals surface area contributed by atoms with Gasteiger partial charge in [-0.3, -0.25) is 14.4 Å². The molecule has 2 rings (SSSR count). The van der Waals surface area contributed by atoms with Crippen LogP contribution in [0.2, 0.25) is 0 Å². The van der Waals surface area contributed by atoms with Crippen LogP contribution in [0.25, 0.3) is 0 Å². The molecule has 0 unspecified atom stereocenters. The van der Waals surface area contributed by atoms with E-state index in [9.17, 15) is 14.4 Å². The van der Waals surface area contributed by atoms with Gasteiger partial charge in [-0.05, 0) is 37.3 Å². The van der Waals surface area contributed by atoms with Crippen molar-refractivity contribution in [1.82, 2.24) is 0 Å². The van der Waals surface area contributed by atoms with E-state index < -0.39 is 0 Å². The lowest BCUT2D eigenvalue weighted by molar-refractivity contribution is -0.117. The van der Waals surface area contributed by atoms with Crippen LogP contribution in [0, 0.1) is 0 Å². The highest BCUT2D eigenvalue weighted by molar-refractivity contribution is 5.96. The lowest BCUT2D eigenvalue weighted by atomic mass is 10.2. The number of para-hydroxylation sites is 2. The monoisotopic (exact) mass is 383 g/mol. The van der Waals surface area contributed by atoms with Gasteiger partial charge in [0.1, 0.15) is 5.75 Å². The van der Waals surface area contributed by atoms with Crippen LogP contribution in [0.4, 0.5) is 17.1 Å². The molecule has 0 spiro atoms. The lowest BCUT2D eigenvalue weighted by Gasteiger charge is -2.23. The second-order valence-corrected chi connectivity index (χ2v) is 6.13. The minimum atomic E-state index is -0.236. The number of ether oxygens (including phenoxy) is 1. The molecule has 7 heteroatoms. The van der Waals surface area contributed by atoms with E-state index in [4.69, 9.17) is 4.74 Å². The predicted octanol–water partition coefficient (Wildman–Crippen LogP) is 3.43. The Bertz CT molecular complexity index is 851. The Labute approximate surface area is 164 Å². The Morgan fingerprint density at radius 1 is 0.964 bits per heavy atom. The molecule has 0 fully saturated rings. The van der Waals surface area contributed by atoms with Crippen molar-refractivity contribution in [3.05, 3.63) is 48.5 Å². The Kier molecular flexibility index (Phi) is 7.56. The molecule has 0 atom stereocenters. The van der Waals surface area contributed by atoms with Crippen LogP contribution in [0.15, 0.2) is 48.5 Å². The minimum absolute atomic E-state index is 0.115. The van der Waals surface area contributed by atoms with E-state index in [0.29, 0.717) is 29.4 Å². The SMILES string of the molecule is CCOc1ccccc1N(CCC(=O)Nc1cccc(NC(C)=O)c1)C(C)=O. The maximum absolute atomic E-state index is 12.3. The van der Waals surface area contributed by atoms with E-state index in [2.05, 4.69) is 10.6 Å². The highest BCUT2D eigenvalue weighted by atomic mass is 16.5. The average Bonchev–Trinajstić information content (AvgIpc) is 2.63. The summed E-state index contributed by atoms with van der Waals surface area (Å²) in [6.07, 6.45) is 0.115. The Morgan fingerprint density at radius 2 is 1.64 bits per heavy atom. The summed E-state index contributed by atoms with van der Waals surface area (Å²) in [6, 6.07) is 14.1. The van der Waals surface area contributed by atoms with Gasteiger partial charge in [0.15, 0.2) is 0 Å². The van der Waals surface area contributed by atoms with E-state index in [1.165, 1.54) is 18.7 Å². The van der Waals surface area contributed by atoms with Gasteiger partial charge in [0.05, 0.1) is 12.3 Å². The summed E-state index contributed by atoms with van der Waals surface area (Å²) >= 11 is 0. The first-order valence-electron chi connectivity index (χ1n) is 9.08. The summed E-state index contributed by atoms with van der Waals surface area (Å²) in [7, 11) is 0. The van der Waals surface area contributed by atoms with Crippen molar-refractivity contribution in [3.8, 4) is 5.75 Å². The number of rotatable bonds is 8. The van der Waals surface area contributed by atoms with Gasteiger partial charge in [0.2, 0.25) is 17.7 Å². The van der Waals surface area contributed by atoms with Crippen molar-refractivity contribution in [2.45, 2.75) is 27.2 Å². The fourth-order valence-electron chi connectivity index (χ4n) is 2.72. The van der Waals surface area contributed by atoms with Crippen molar-refractivity contribution >= 4 is 34.8 Å². The number of anilines is 3. The molecule has 0 heterocycles. The molecular formula is C21H25N3O4. The van der Waals surface area contributed by atoms with Gasteiger partial charge in [-0.15, -0.1) is 0 Å². The summed E-state index contributed by atoms with van der Waals surface area (Å²) in [5.41, 5.74) is 1.80. The summed E-state index contributed by atoms with van der Waals surface area (Å²) in [5.74, 6) is 0.00452. The molecule has 0 saturated heterocycles. The second-order valence-electron chi connectivity index (χ2n) is 6.13. The quantitative estimate of drug-likeness (QED) is 0.731. The molecule has 0 aliphatic carbocycles. The van der Waals surface area contributed by atoms with Crippen molar-refractivity contribution in [1.29, 1.82) is 0 Å². The number of benzene rings is 2. The molecule has 0 aliphatic rings. The van der Waals surface area contributed by atoms with Gasteiger partial charge in [0, 0.05) is 38.2 Å². The molecule has 0 radical (unpaired) electrons. The Morgan fingerprint density at radius 3 is 2.29 bits per heavy atom. The molecule has 0 aliphatic heterocycles. The number of nitrogens with one attached hydrogen (secondary N) is 2. The second kappa shape index (κ2) is 10.1. The topological polar surface area (TPSA) is 87.7 Å². The predicted molar refractivity (Wildman–Crippen MR) is 110 cm³/mol. The summed E-state index contributed by atoms with van der Waals surface area (Å²) in [6.45, 7) is 5.45. The highest BCUT2D eigenvalue weighted by Gasteiger charge is 2.17. The van der Waals surface area contributed by atoms with E-state index in [-0.39, 0.29) is 30.7 Å². The van der Waals surface area contributed by atoms with Crippen LogP contribution >= 0.6 is 0 Å². The molecule has 0 saturated carbocycles. The Hall–Kier alpha value is -3.35. The van der Waals surface area contributed by atoms with Crippen LogP contribution < -0.4 is 20.3 Å². The van der Waals surface area contributed by atoms with Crippen molar-refractivity contribution in [2.24, 2.45) is 0 Å². The molecule has 28 heavy (non-hydrogen) atoms. The lowest BCUT2D eigenvalue weighted by Crippen LogP contribution is -2.32. The fraction of sp³-hybridized carbons (Fsp3) is 0.286. The fourth-order valence-corrected chi connectivity index (χ4v) is 2.72. The van der Waals surface area contributed by atoms with Crippen molar-refractivity contribution in [2.75, 3.05) is 28.7 Å². The third-order valence-corrected chi connectivity index (χ3v) is 3.87. The first-order valence-corrected chi connectivity index (χ1v) is 9.08. The molecule has 148 valence electrons. The number of hydrogen-bond donors (Lipinski definition) is 2. The first kappa shape index (κ1) is 21.0. The van der Waals surface area contributed by atoms with Gasteiger partial charge in [-0.1, -0.05) is 18.2 Å². The van der Waals surface area contributed by atoms with Crippen molar-refractivity contribution in [3.63, 3.8) is 0 Å². The number of carbonyl (C=O) groups is 3. The van der Waals surface area contributed by atoms with E-state index >= 15 is 0 Å². The first-order chi connectivity index (χ1) is 13.4. The normalized spacial score (nSPS) is 10.1. The van der Waals surface area contributed by atoms with Gasteiger partial charge in [0.25, 0.3) is 0 Å². The number of hydrogen-bond acceptors (Lipinski definition) is 4. The summed E-state index contributed by atoms with van der Waals surface area (Å²) in [5, 5.41) is 5.45. The highest BCUT2D eigenvalue weighted by Crippen LogP contribution is 2.28. The smallest absolute Gasteiger partial charge is 0.226 e. The summed E-state index contributed by atoms with van der Waals surface area (Å²) in [4.78, 5) is 37.1. The number of amides is 3.